The van der Waals surface area contributed by atoms with E-state index in [2.05, 4.69) is 15.4 Å². The van der Waals surface area contributed by atoms with Crippen LogP contribution in [0.5, 0.6) is 0 Å². The molecule has 0 spiro atoms. The maximum absolute atomic E-state index is 13.4. The van der Waals surface area contributed by atoms with E-state index in [0.717, 1.165) is 17.7 Å². The van der Waals surface area contributed by atoms with Crippen molar-refractivity contribution in [2.24, 2.45) is 4.99 Å². The second-order valence-electron chi connectivity index (χ2n) is 8.51. The molecule has 2 aliphatic rings. The molecule has 0 saturated carbocycles. The van der Waals surface area contributed by atoms with Gasteiger partial charge in [-0.25, -0.2) is 4.39 Å². The van der Waals surface area contributed by atoms with E-state index in [1.165, 1.54) is 22.6 Å². The molecule has 188 valence electrons. The minimum atomic E-state index is -4.68. The number of rotatable bonds is 4. The molecule has 1 atom stereocenters. The molecule has 3 heterocycles. The maximum atomic E-state index is 13.4. The zero-order valence-corrected chi connectivity index (χ0v) is 19.6. The second-order valence-corrected chi connectivity index (χ2v) is 9.52. The molecule has 7 nitrogen and oxygen atoms in total. The Morgan fingerprint density at radius 1 is 1.22 bits per heavy atom. The van der Waals surface area contributed by atoms with Gasteiger partial charge in [-0.1, -0.05) is 12.1 Å². The van der Waals surface area contributed by atoms with Gasteiger partial charge in [0.05, 0.1) is 35.3 Å². The Labute approximate surface area is 207 Å². The summed E-state index contributed by atoms with van der Waals surface area (Å²) >= 11 is 1.27. The summed E-state index contributed by atoms with van der Waals surface area (Å²) in [5.74, 6) is -1.30. The summed E-state index contributed by atoms with van der Waals surface area (Å²) in [5.41, 5.74) is 0.206. The molecule has 0 unspecified atom stereocenters. The normalized spacial score (nSPS) is 20.0. The van der Waals surface area contributed by atoms with Gasteiger partial charge in [0.25, 0.3) is 5.91 Å². The van der Waals surface area contributed by atoms with E-state index in [9.17, 15) is 27.5 Å². The maximum Gasteiger partial charge on any atom is 0.416 e. The molecule has 2 N–H and O–H groups in total. The van der Waals surface area contributed by atoms with Crippen molar-refractivity contribution >= 4 is 39.8 Å². The number of carbonyl (C=O) groups is 1. The minimum absolute atomic E-state index is 0.00252. The topological polar surface area (TPSA) is 82.8 Å². The number of amides is 1. The van der Waals surface area contributed by atoms with Crippen molar-refractivity contribution in [2.45, 2.75) is 18.8 Å². The first-order chi connectivity index (χ1) is 17.2. The predicted octanol–water partition coefficient (Wildman–Crippen LogP) is 3.48. The van der Waals surface area contributed by atoms with E-state index >= 15 is 0 Å². The van der Waals surface area contributed by atoms with Crippen LogP contribution in [-0.2, 0) is 17.5 Å². The molecule has 36 heavy (non-hydrogen) atoms. The number of aliphatic hydroxyl groups is 1. The number of benzene rings is 2. The van der Waals surface area contributed by atoms with Crippen LogP contribution in [0.1, 0.15) is 16.7 Å². The Hall–Kier alpha value is -3.22. The summed E-state index contributed by atoms with van der Waals surface area (Å²) in [6, 6.07) is 7.79. The van der Waals surface area contributed by atoms with Crippen LogP contribution in [0.4, 0.5) is 17.6 Å². The number of piperazine rings is 1. The molecule has 0 bridgehead atoms. The van der Waals surface area contributed by atoms with Crippen LogP contribution in [-0.4, -0.2) is 63.1 Å². The van der Waals surface area contributed by atoms with Gasteiger partial charge in [-0.3, -0.25) is 9.48 Å². The average molecular weight is 520 g/mol. The monoisotopic (exact) mass is 519 g/mol. The van der Waals surface area contributed by atoms with Crippen LogP contribution in [0.25, 0.3) is 17.0 Å². The molecule has 0 radical (unpaired) electrons. The van der Waals surface area contributed by atoms with Crippen molar-refractivity contribution < 1.29 is 27.5 Å². The number of hydrogen-bond donors (Lipinski definition) is 2. The van der Waals surface area contributed by atoms with Crippen LogP contribution < -0.4 is 5.32 Å². The van der Waals surface area contributed by atoms with Crippen LogP contribution >= 0.6 is 11.8 Å². The molecule has 1 aromatic heterocycles. The smallest absolute Gasteiger partial charge is 0.395 e. The lowest BCUT2D eigenvalue weighted by Gasteiger charge is -2.33. The Morgan fingerprint density at radius 2 is 2.06 bits per heavy atom. The lowest BCUT2D eigenvalue weighted by molar-refractivity contribution is -0.138. The van der Waals surface area contributed by atoms with E-state index in [0.29, 0.717) is 46.7 Å². The van der Waals surface area contributed by atoms with Crippen LogP contribution in [0.2, 0.25) is 0 Å². The lowest BCUT2D eigenvalue weighted by Crippen LogP contribution is -2.53. The van der Waals surface area contributed by atoms with Gasteiger partial charge in [0.2, 0.25) is 0 Å². The van der Waals surface area contributed by atoms with Crippen LogP contribution in [0.3, 0.4) is 0 Å². The minimum Gasteiger partial charge on any atom is -0.395 e. The number of carbonyl (C=O) groups excluding carboxylic acids is 1. The van der Waals surface area contributed by atoms with Crippen LogP contribution in [0.15, 0.2) is 52.5 Å². The highest BCUT2D eigenvalue weighted by Gasteiger charge is 2.34. The van der Waals surface area contributed by atoms with Gasteiger partial charge in [-0.2, -0.15) is 23.3 Å². The number of hydrogen-bond acceptors (Lipinski definition) is 6. The molecular formula is C24H21F4N5O2S. The fourth-order valence-electron chi connectivity index (χ4n) is 4.24. The van der Waals surface area contributed by atoms with E-state index in [4.69, 9.17) is 0 Å². The Balaban J connectivity index is 1.35. The zero-order valence-electron chi connectivity index (χ0n) is 18.8. The number of nitrogens with zero attached hydrogens (tertiary/aromatic N) is 4. The Bertz CT molecular complexity index is 1380. The fraction of sp³-hybridized carbons (Fsp3) is 0.292. The number of amidine groups is 1. The predicted molar refractivity (Wildman–Crippen MR) is 129 cm³/mol. The number of aromatic nitrogens is 2. The van der Waals surface area contributed by atoms with Gasteiger partial charge in [-0.15, -0.1) is 0 Å². The number of aliphatic imine (C=N–C) groups is 1. The molecule has 12 heteroatoms. The molecule has 0 aliphatic carbocycles. The molecule has 1 fully saturated rings. The summed E-state index contributed by atoms with van der Waals surface area (Å²) in [5, 5.41) is 18.1. The summed E-state index contributed by atoms with van der Waals surface area (Å²) in [7, 11) is 0. The number of halogens is 4. The van der Waals surface area contributed by atoms with Gasteiger partial charge < -0.3 is 15.3 Å². The van der Waals surface area contributed by atoms with Crippen molar-refractivity contribution in [1.29, 1.82) is 0 Å². The SMILES string of the molecule is O=C1N=C(N2CCN[C@@H](CO)C2)S/C1=C\c1ccc2c(cnn2Cc2ccc(F)cc2C(F)(F)F)c1. The number of alkyl halides is 3. The first-order valence-corrected chi connectivity index (χ1v) is 12.0. The highest BCUT2D eigenvalue weighted by molar-refractivity contribution is 8.18. The number of aliphatic hydroxyl groups excluding tert-OH is 1. The Kier molecular flexibility index (Phi) is 6.58. The number of thioether (sulfide) groups is 1. The number of nitrogens with one attached hydrogen (secondary N) is 1. The van der Waals surface area contributed by atoms with Gasteiger partial charge in [0, 0.05) is 31.1 Å². The van der Waals surface area contributed by atoms with Crippen molar-refractivity contribution in [3.8, 4) is 0 Å². The highest BCUT2D eigenvalue weighted by atomic mass is 32.2. The molecule has 5 rings (SSSR count). The largest absolute Gasteiger partial charge is 0.416 e. The quantitative estimate of drug-likeness (QED) is 0.406. The van der Waals surface area contributed by atoms with Crippen molar-refractivity contribution in [3.05, 3.63) is 70.0 Å². The standard InChI is InChI=1S/C24H21F4N5O2S/c25-17-3-2-15(19(9-17)24(26,27)28)11-33-20-4-1-14(7-16(20)10-30-33)8-21-22(35)31-23(36-21)32-6-5-29-18(12-32)13-34/h1-4,7-10,18,29,34H,5-6,11-13H2/b21-8-/t18-/m1/s1. The summed E-state index contributed by atoms with van der Waals surface area (Å²) < 4.78 is 55.0. The molecule has 2 aromatic carbocycles. The number of fused-ring (bicyclic) bond motifs is 1. The molecule has 1 saturated heterocycles. The van der Waals surface area contributed by atoms with Gasteiger partial charge in [0.15, 0.2) is 5.17 Å². The van der Waals surface area contributed by atoms with Gasteiger partial charge in [0.1, 0.15) is 5.82 Å². The molecular weight excluding hydrogens is 498 g/mol. The van der Waals surface area contributed by atoms with Gasteiger partial charge >= 0.3 is 6.18 Å². The third kappa shape index (κ3) is 5.01. The average Bonchev–Trinajstić information content (AvgIpc) is 3.42. The first-order valence-electron chi connectivity index (χ1n) is 11.1. The second kappa shape index (κ2) is 9.68. The van der Waals surface area contributed by atoms with Crippen molar-refractivity contribution in [1.82, 2.24) is 20.0 Å². The van der Waals surface area contributed by atoms with E-state index in [1.54, 1.807) is 24.3 Å². The summed E-state index contributed by atoms with van der Waals surface area (Å²) in [6.07, 6.45) is -1.43. The van der Waals surface area contributed by atoms with E-state index < -0.39 is 17.6 Å². The van der Waals surface area contributed by atoms with Crippen molar-refractivity contribution in [2.75, 3.05) is 26.2 Å². The summed E-state index contributed by atoms with van der Waals surface area (Å²) in [4.78, 5) is 19.1. The summed E-state index contributed by atoms with van der Waals surface area (Å²) in [6.45, 7) is 1.74. The highest BCUT2D eigenvalue weighted by Crippen LogP contribution is 2.34. The third-order valence-corrected chi connectivity index (χ3v) is 7.06. The van der Waals surface area contributed by atoms with Gasteiger partial charge in [-0.05, 0) is 53.2 Å². The van der Waals surface area contributed by atoms with E-state index in [1.807, 2.05) is 4.90 Å². The molecule has 3 aromatic rings. The molecule has 2 aliphatic heterocycles. The first kappa shape index (κ1) is 24.5. The fourth-order valence-corrected chi connectivity index (χ4v) is 5.19. The molecule has 1 amide bonds. The van der Waals surface area contributed by atoms with Crippen molar-refractivity contribution in [3.63, 3.8) is 0 Å². The van der Waals surface area contributed by atoms with E-state index in [-0.39, 0.29) is 30.7 Å². The zero-order chi connectivity index (χ0) is 25.4. The third-order valence-electron chi connectivity index (χ3n) is 6.02. The Morgan fingerprint density at radius 3 is 2.83 bits per heavy atom. The lowest BCUT2D eigenvalue weighted by atomic mass is 10.1. The van der Waals surface area contributed by atoms with Crippen LogP contribution in [0, 0.1) is 5.82 Å².